The Morgan fingerprint density at radius 2 is 2.06 bits per heavy atom. The summed E-state index contributed by atoms with van der Waals surface area (Å²) in [4.78, 5) is 0. The number of methoxy groups -OCH3 is 1. The minimum atomic E-state index is -0.297. The van der Waals surface area contributed by atoms with Crippen molar-refractivity contribution < 1.29 is 9.47 Å². The number of nitriles is 1. The molecule has 0 aromatic heterocycles. The average Bonchev–Trinajstić information content (AvgIpc) is 2.36. The van der Waals surface area contributed by atoms with Gasteiger partial charge in [0.25, 0.3) is 0 Å². The van der Waals surface area contributed by atoms with Crippen molar-refractivity contribution >= 4 is 5.69 Å². The lowest BCUT2D eigenvalue weighted by Crippen LogP contribution is -2.10. The first kappa shape index (κ1) is 14.2. The summed E-state index contributed by atoms with van der Waals surface area (Å²) in [6, 6.07) is 7.57. The molecule has 0 spiro atoms. The molecule has 1 aromatic carbocycles. The monoisotopic (exact) mass is 248 g/mol. The second-order valence-corrected chi connectivity index (χ2v) is 4.86. The molecule has 98 valence electrons. The Balaban J connectivity index is 2.47. The maximum atomic E-state index is 8.90. The highest BCUT2D eigenvalue weighted by atomic mass is 16.5. The van der Waals surface area contributed by atoms with Crippen LogP contribution in [0, 0.1) is 16.7 Å². The van der Waals surface area contributed by atoms with Crippen LogP contribution in [0.25, 0.3) is 0 Å². The zero-order valence-corrected chi connectivity index (χ0v) is 11.2. The Bertz CT molecular complexity index is 436. The minimum absolute atomic E-state index is 0.297. The van der Waals surface area contributed by atoms with Crippen molar-refractivity contribution in [3.8, 4) is 17.6 Å². The lowest BCUT2D eigenvalue weighted by atomic mass is 9.90. The summed E-state index contributed by atoms with van der Waals surface area (Å²) in [6.45, 7) is 4.42. The van der Waals surface area contributed by atoms with Gasteiger partial charge in [0.2, 0.25) is 0 Å². The molecular formula is C14H20N2O2. The molecule has 0 saturated carbocycles. The molecule has 0 atom stereocenters. The van der Waals surface area contributed by atoms with Crippen LogP contribution >= 0.6 is 0 Å². The Morgan fingerprint density at radius 1 is 1.33 bits per heavy atom. The highest BCUT2D eigenvalue weighted by Crippen LogP contribution is 2.29. The van der Waals surface area contributed by atoms with Crippen LogP contribution in [-0.2, 0) is 0 Å². The van der Waals surface area contributed by atoms with E-state index in [4.69, 9.17) is 20.5 Å². The molecule has 1 rings (SSSR count). The average molecular weight is 248 g/mol. The zero-order valence-electron chi connectivity index (χ0n) is 11.2. The van der Waals surface area contributed by atoms with Crippen LogP contribution in [0.5, 0.6) is 11.5 Å². The third kappa shape index (κ3) is 4.17. The first-order valence-corrected chi connectivity index (χ1v) is 5.96. The molecule has 0 fully saturated rings. The molecule has 2 N–H and O–H groups in total. The number of rotatable bonds is 6. The summed E-state index contributed by atoms with van der Waals surface area (Å²) in [6.07, 6.45) is 1.63. The first-order chi connectivity index (χ1) is 8.48. The summed E-state index contributed by atoms with van der Waals surface area (Å²) in [7, 11) is 1.58. The fraction of sp³-hybridized carbons (Fsp3) is 0.500. The summed E-state index contributed by atoms with van der Waals surface area (Å²) in [5.74, 6) is 1.32. The van der Waals surface area contributed by atoms with Crippen molar-refractivity contribution in [1.82, 2.24) is 0 Å². The summed E-state index contributed by atoms with van der Waals surface area (Å²) in [5.41, 5.74) is 6.01. The van der Waals surface area contributed by atoms with E-state index in [0.29, 0.717) is 23.8 Å². The van der Waals surface area contributed by atoms with Gasteiger partial charge in [-0.1, -0.05) is 0 Å². The summed E-state index contributed by atoms with van der Waals surface area (Å²) in [5, 5.41) is 8.90. The molecule has 4 nitrogen and oxygen atoms in total. The van der Waals surface area contributed by atoms with Gasteiger partial charge in [0.1, 0.15) is 0 Å². The van der Waals surface area contributed by atoms with Crippen molar-refractivity contribution in [2.75, 3.05) is 19.5 Å². The lowest BCUT2D eigenvalue weighted by Gasteiger charge is -2.15. The highest BCUT2D eigenvalue weighted by molar-refractivity contribution is 5.51. The van der Waals surface area contributed by atoms with Crippen LogP contribution in [0.2, 0.25) is 0 Å². The van der Waals surface area contributed by atoms with E-state index in [0.717, 1.165) is 12.8 Å². The molecule has 0 radical (unpaired) electrons. The Labute approximate surface area is 108 Å². The summed E-state index contributed by atoms with van der Waals surface area (Å²) < 4.78 is 10.8. The van der Waals surface area contributed by atoms with E-state index < -0.39 is 0 Å². The molecule has 0 saturated heterocycles. The van der Waals surface area contributed by atoms with E-state index in [1.807, 2.05) is 13.8 Å². The third-order valence-electron chi connectivity index (χ3n) is 2.69. The number of anilines is 1. The third-order valence-corrected chi connectivity index (χ3v) is 2.69. The fourth-order valence-corrected chi connectivity index (χ4v) is 1.56. The molecule has 0 aliphatic rings. The van der Waals surface area contributed by atoms with Crippen LogP contribution in [0.4, 0.5) is 5.69 Å². The normalized spacial score (nSPS) is 10.8. The predicted octanol–water partition coefficient (Wildman–Crippen LogP) is 2.99. The Hall–Kier alpha value is -1.89. The number of ether oxygens (including phenoxy) is 2. The van der Waals surface area contributed by atoms with E-state index in [1.54, 1.807) is 25.3 Å². The second kappa shape index (κ2) is 6.15. The molecule has 0 aliphatic heterocycles. The largest absolute Gasteiger partial charge is 0.493 e. The number of nitrogen functional groups attached to an aromatic ring is 1. The molecule has 1 aromatic rings. The topological polar surface area (TPSA) is 68.3 Å². The smallest absolute Gasteiger partial charge is 0.162 e. The number of nitrogens with two attached hydrogens (primary N) is 1. The standard InChI is InChI=1S/C14H20N2O2/c1-14(2,10-15)7-4-8-18-12-6-5-11(16)9-13(12)17-3/h5-6,9H,4,7-8,16H2,1-3H3. The van der Waals surface area contributed by atoms with Gasteiger partial charge in [-0.3, -0.25) is 0 Å². The van der Waals surface area contributed by atoms with Gasteiger partial charge in [-0.25, -0.2) is 0 Å². The molecule has 4 heteroatoms. The molecule has 0 amide bonds. The Morgan fingerprint density at radius 3 is 2.67 bits per heavy atom. The van der Waals surface area contributed by atoms with Gasteiger partial charge in [-0.2, -0.15) is 5.26 Å². The summed E-state index contributed by atoms with van der Waals surface area (Å²) >= 11 is 0. The first-order valence-electron chi connectivity index (χ1n) is 5.96. The molecule has 0 heterocycles. The van der Waals surface area contributed by atoms with E-state index in [2.05, 4.69) is 6.07 Å². The molecule has 0 unspecified atom stereocenters. The van der Waals surface area contributed by atoms with Crippen LogP contribution in [0.3, 0.4) is 0 Å². The molecule has 0 bridgehead atoms. The number of benzene rings is 1. The van der Waals surface area contributed by atoms with Gasteiger partial charge in [-0.15, -0.1) is 0 Å². The van der Waals surface area contributed by atoms with E-state index in [1.165, 1.54) is 0 Å². The van der Waals surface area contributed by atoms with Crippen LogP contribution < -0.4 is 15.2 Å². The van der Waals surface area contributed by atoms with Crippen molar-refractivity contribution in [2.24, 2.45) is 5.41 Å². The van der Waals surface area contributed by atoms with Crippen LogP contribution in [0.1, 0.15) is 26.7 Å². The van der Waals surface area contributed by atoms with Gasteiger partial charge in [-0.05, 0) is 38.8 Å². The number of nitrogens with zero attached hydrogens (tertiary/aromatic N) is 1. The lowest BCUT2D eigenvalue weighted by molar-refractivity contribution is 0.270. The fourth-order valence-electron chi connectivity index (χ4n) is 1.56. The quantitative estimate of drug-likeness (QED) is 0.620. The predicted molar refractivity (Wildman–Crippen MR) is 71.5 cm³/mol. The second-order valence-electron chi connectivity index (χ2n) is 4.86. The Kier molecular flexibility index (Phi) is 4.85. The van der Waals surface area contributed by atoms with E-state index in [-0.39, 0.29) is 5.41 Å². The maximum absolute atomic E-state index is 8.90. The van der Waals surface area contributed by atoms with Gasteiger partial charge in [0, 0.05) is 11.8 Å². The van der Waals surface area contributed by atoms with Gasteiger partial charge >= 0.3 is 0 Å². The SMILES string of the molecule is COc1cc(N)ccc1OCCCC(C)(C)C#N. The van der Waals surface area contributed by atoms with Gasteiger partial charge in [0.15, 0.2) is 11.5 Å². The number of hydrogen-bond acceptors (Lipinski definition) is 4. The van der Waals surface area contributed by atoms with Crippen molar-refractivity contribution in [3.05, 3.63) is 18.2 Å². The van der Waals surface area contributed by atoms with Crippen LogP contribution in [0.15, 0.2) is 18.2 Å². The van der Waals surface area contributed by atoms with Gasteiger partial charge < -0.3 is 15.2 Å². The van der Waals surface area contributed by atoms with E-state index in [9.17, 15) is 0 Å². The highest BCUT2D eigenvalue weighted by Gasteiger charge is 2.15. The minimum Gasteiger partial charge on any atom is -0.493 e. The van der Waals surface area contributed by atoms with Crippen molar-refractivity contribution in [2.45, 2.75) is 26.7 Å². The maximum Gasteiger partial charge on any atom is 0.162 e. The zero-order chi connectivity index (χ0) is 13.6. The molecule has 18 heavy (non-hydrogen) atoms. The van der Waals surface area contributed by atoms with Crippen molar-refractivity contribution in [3.63, 3.8) is 0 Å². The number of hydrogen-bond donors (Lipinski definition) is 1. The van der Waals surface area contributed by atoms with Crippen molar-refractivity contribution in [1.29, 1.82) is 5.26 Å². The molecule has 0 aliphatic carbocycles. The van der Waals surface area contributed by atoms with Gasteiger partial charge in [0.05, 0.1) is 25.2 Å². The molecular weight excluding hydrogens is 228 g/mol. The van der Waals surface area contributed by atoms with Crippen LogP contribution in [-0.4, -0.2) is 13.7 Å². The van der Waals surface area contributed by atoms with E-state index >= 15 is 0 Å².